The fourth-order valence-electron chi connectivity index (χ4n) is 2.67. The van der Waals surface area contributed by atoms with E-state index in [0.29, 0.717) is 23.3 Å². The van der Waals surface area contributed by atoms with Crippen LogP contribution in [-0.2, 0) is 17.5 Å². The van der Waals surface area contributed by atoms with E-state index in [9.17, 15) is 18.0 Å². The van der Waals surface area contributed by atoms with E-state index in [2.05, 4.69) is 15.5 Å². The molecule has 2 heterocycles. The summed E-state index contributed by atoms with van der Waals surface area (Å²) in [5, 5.41) is 11.1. The maximum absolute atomic E-state index is 13.1. The van der Waals surface area contributed by atoms with Crippen molar-refractivity contribution < 1.29 is 22.4 Å². The van der Waals surface area contributed by atoms with Gasteiger partial charge in [-0.2, -0.15) is 13.2 Å². The summed E-state index contributed by atoms with van der Waals surface area (Å²) in [6.07, 6.45) is -3.02. The van der Waals surface area contributed by atoms with Crippen LogP contribution in [0.5, 0.6) is 0 Å². The first kappa shape index (κ1) is 21.0. The molecule has 0 radical (unpaired) electrons. The van der Waals surface area contributed by atoms with Gasteiger partial charge in [0.2, 0.25) is 5.91 Å². The number of amides is 1. The number of alkyl halides is 3. The predicted molar refractivity (Wildman–Crippen MR) is 103 cm³/mol. The molecule has 0 saturated heterocycles. The Morgan fingerprint density at radius 3 is 2.62 bits per heavy atom. The second kappa shape index (κ2) is 8.73. The minimum absolute atomic E-state index is 0.111. The van der Waals surface area contributed by atoms with Gasteiger partial charge in [0.15, 0.2) is 16.7 Å². The van der Waals surface area contributed by atoms with Crippen LogP contribution in [0, 0.1) is 5.92 Å². The fraction of sp³-hybridized carbons (Fsp3) is 0.316. The smallest absolute Gasteiger partial charge is 0.418 e. The van der Waals surface area contributed by atoms with Gasteiger partial charge >= 0.3 is 6.18 Å². The van der Waals surface area contributed by atoms with E-state index in [4.69, 9.17) is 4.42 Å². The molecular weight excluding hydrogens is 405 g/mol. The number of para-hydroxylation sites is 1. The molecule has 0 unspecified atom stereocenters. The van der Waals surface area contributed by atoms with Gasteiger partial charge in [-0.05, 0) is 30.2 Å². The molecule has 0 aliphatic rings. The van der Waals surface area contributed by atoms with E-state index in [-0.39, 0.29) is 17.4 Å². The lowest BCUT2D eigenvalue weighted by Gasteiger charge is -2.14. The Balaban J connectivity index is 1.73. The zero-order valence-electron chi connectivity index (χ0n) is 15.7. The van der Waals surface area contributed by atoms with Gasteiger partial charge in [-0.15, -0.1) is 10.2 Å². The number of hydrogen-bond donors (Lipinski definition) is 1. The first-order valence-electron chi connectivity index (χ1n) is 8.81. The highest BCUT2D eigenvalue weighted by atomic mass is 32.2. The summed E-state index contributed by atoms with van der Waals surface area (Å²) in [5.41, 5.74) is -1.16. The zero-order chi connectivity index (χ0) is 21.0. The molecule has 0 aliphatic heterocycles. The molecule has 3 rings (SSSR count). The Morgan fingerprint density at radius 2 is 1.97 bits per heavy atom. The van der Waals surface area contributed by atoms with Crippen LogP contribution >= 0.6 is 11.8 Å². The van der Waals surface area contributed by atoms with E-state index in [0.717, 1.165) is 17.8 Å². The molecule has 1 N–H and O–H groups in total. The molecule has 0 atom stereocenters. The number of halogens is 3. The zero-order valence-corrected chi connectivity index (χ0v) is 16.5. The average Bonchev–Trinajstić information content (AvgIpc) is 3.29. The number of nitrogens with zero attached hydrogens (tertiary/aromatic N) is 3. The van der Waals surface area contributed by atoms with Crippen molar-refractivity contribution in [2.75, 3.05) is 11.1 Å². The summed E-state index contributed by atoms with van der Waals surface area (Å²) in [7, 11) is 0. The molecule has 154 valence electrons. The Morgan fingerprint density at radius 1 is 1.21 bits per heavy atom. The van der Waals surface area contributed by atoms with Gasteiger partial charge in [-0.1, -0.05) is 37.7 Å². The van der Waals surface area contributed by atoms with Crippen LogP contribution in [0.25, 0.3) is 11.6 Å². The first-order chi connectivity index (χ1) is 13.8. The van der Waals surface area contributed by atoms with Gasteiger partial charge in [0, 0.05) is 6.54 Å². The van der Waals surface area contributed by atoms with Crippen molar-refractivity contribution in [2.45, 2.75) is 31.7 Å². The molecular formula is C19H19F3N4O2S. The van der Waals surface area contributed by atoms with Crippen LogP contribution < -0.4 is 5.32 Å². The molecule has 0 spiro atoms. The van der Waals surface area contributed by atoms with E-state index in [1.165, 1.54) is 24.5 Å². The summed E-state index contributed by atoms with van der Waals surface area (Å²) in [6.45, 7) is 4.66. The highest BCUT2D eigenvalue weighted by Gasteiger charge is 2.33. The van der Waals surface area contributed by atoms with Gasteiger partial charge in [0.1, 0.15) is 0 Å². The van der Waals surface area contributed by atoms with Crippen molar-refractivity contribution >= 4 is 23.4 Å². The number of rotatable bonds is 7. The predicted octanol–water partition coefficient (Wildman–Crippen LogP) is 4.94. The SMILES string of the molecule is CC(C)Cn1c(SCC(=O)Nc2ccccc2C(F)(F)F)nnc1-c1ccco1. The minimum Gasteiger partial charge on any atom is -0.461 e. The van der Waals surface area contributed by atoms with Crippen molar-refractivity contribution in [1.82, 2.24) is 14.8 Å². The monoisotopic (exact) mass is 424 g/mol. The van der Waals surface area contributed by atoms with Crippen molar-refractivity contribution in [2.24, 2.45) is 5.92 Å². The van der Waals surface area contributed by atoms with Crippen LogP contribution in [0.3, 0.4) is 0 Å². The molecule has 0 bridgehead atoms. The standard InChI is InChI=1S/C19H19F3N4O2S/c1-12(2)10-26-17(15-8-5-9-28-15)24-25-18(26)29-11-16(27)23-14-7-4-3-6-13(14)19(20,21)22/h3-9,12H,10-11H2,1-2H3,(H,23,27). The number of aromatic nitrogens is 3. The lowest BCUT2D eigenvalue weighted by atomic mass is 10.1. The van der Waals surface area contributed by atoms with Crippen LogP contribution in [0.4, 0.5) is 18.9 Å². The third kappa shape index (κ3) is 5.20. The summed E-state index contributed by atoms with van der Waals surface area (Å²) >= 11 is 1.10. The highest BCUT2D eigenvalue weighted by molar-refractivity contribution is 7.99. The molecule has 29 heavy (non-hydrogen) atoms. The van der Waals surface area contributed by atoms with Gasteiger partial charge in [0.05, 0.1) is 23.3 Å². The minimum atomic E-state index is -4.55. The average molecular weight is 424 g/mol. The second-order valence-electron chi connectivity index (χ2n) is 6.67. The maximum Gasteiger partial charge on any atom is 0.418 e. The Kier molecular flexibility index (Phi) is 6.31. The summed E-state index contributed by atoms with van der Waals surface area (Å²) in [5.74, 6) is 0.695. The van der Waals surface area contributed by atoms with Gasteiger partial charge in [0.25, 0.3) is 0 Å². The van der Waals surface area contributed by atoms with E-state index < -0.39 is 17.6 Å². The quantitative estimate of drug-likeness (QED) is 0.544. The van der Waals surface area contributed by atoms with Crippen LogP contribution in [0.1, 0.15) is 19.4 Å². The van der Waals surface area contributed by atoms with Gasteiger partial charge < -0.3 is 9.73 Å². The van der Waals surface area contributed by atoms with E-state index in [1.54, 1.807) is 12.1 Å². The lowest BCUT2D eigenvalue weighted by molar-refractivity contribution is -0.137. The van der Waals surface area contributed by atoms with Crippen molar-refractivity contribution in [3.05, 3.63) is 48.2 Å². The summed E-state index contributed by atoms with van der Waals surface area (Å²) in [6, 6.07) is 8.36. The molecule has 1 amide bonds. The largest absolute Gasteiger partial charge is 0.461 e. The van der Waals surface area contributed by atoms with Gasteiger partial charge in [-0.3, -0.25) is 9.36 Å². The second-order valence-corrected chi connectivity index (χ2v) is 7.61. The molecule has 3 aromatic rings. The van der Waals surface area contributed by atoms with Crippen molar-refractivity contribution in [1.29, 1.82) is 0 Å². The molecule has 0 fully saturated rings. The van der Waals surface area contributed by atoms with E-state index >= 15 is 0 Å². The molecule has 0 saturated carbocycles. The number of anilines is 1. The topological polar surface area (TPSA) is 73.0 Å². The Bertz CT molecular complexity index is 968. The summed E-state index contributed by atoms with van der Waals surface area (Å²) in [4.78, 5) is 12.3. The van der Waals surface area contributed by atoms with E-state index in [1.807, 2.05) is 18.4 Å². The Hall–Kier alpha value is -2.75. The number of carbonyl (C=O) groups is 1. The lowest BCUT2D eigenvalue weighted by Crippen LogP contribution is -2.18. The Labute approximate surface area is 169 Å². The molecule has 0 aliphatic carbocycles. The first-order valence-corrected chi connectivity index (χ1v) is 9.80. The fourth-order valence-corrected chi connectivity index (χ4v) is 3.42. The highest BCUT2D eigenvalue weighted by Crippen LogP contribution is 2.34. The molecule has 1 aromatic carbocycles. The van der Waals surface area contributed by atoms with Crippen molar-refractivity contribution in [3.8, 4) is 11.6 Å². The number of hydrogen-bond acceptors (Lipinski definition) is 5. The summed E-state index contributed by atoms with van der Waals surface area (Å²) < 4.78 is 46.4. The number of furan rings is 1. The molecule has 10 heteroatoms. The third-order valence-corrected chi connectivity index (χ3v) is 4.81. The van der Waals surface area contributed by atoms with Crippen LogP contribution in [-0.4, -0.2) is 26.4 Å². The number of benzene rings is 1. The van der Waals surface area contributed by atoms with Crippen LogP contribution in [0.15, 0.2) is 52.2 Å². The van der Waals surface area contributed by atoms with Gasteiger partial charge in [-0.25, -0.2) is 0 Å². The normalized spacial score (nSPS) is 11.8. The molecule has 2 aromatic heterocycles. The molecule has 6 nitrogen and oxygen atoms in total. The van der Waals surface area contributed by atoms with Crippen molar-refractivity contribution in [3.63, 3.8) is 0 Å². The number of thioether (sulfide) groups is 1. The number of nitrogens with one attached hydrogen (secondary N) is 1. The number of carbonyl (C=O) groups excluding carboxylic acids is 1. The van der Waals surface area contributed by atoms with Crippen LogP contribution in [0.2, 0.25) is 0 Å². The maximum atomic E-state index is 13.1. The third-order valence-electron chi connectivity index (χ3n) is 3.85.